The second-order valence-corrected chi connectivity index (χ2v) is 5.90. The van der Waals surface area contributed by atoms with Crippen molar-refractivity contribution in [2.24, 2.45) is 0 Å². The van der Waals surface area contributed by atoms with Crippen molar-refractivity contribution in [2.45, 2.75) is 25.1 Å². The molecule has 0 aromatic heterocycles. The molecule has 0 saturated carbocycles. The molecule has 2 N–H and O–H groups in total. The normalized spacial score (nSPS) is 26.1. The Labute approximate surface area is 89.3 Å². The highest BCUT2D eigenvalue weighted by Crippen LogP contribution is 2.14. The Morgan fingerprint density at radius 1 is 1.60 bits per heavy atom. The first-order chi connectivity index (χ1) is 6.87. The molecule has 0 amide bonds. The maximum Gasteiger partial charge on any atom is 0.323 e. The van der Waals surface area contributed by atoms with Gasteiger partial charge in [0.05, 0.1) is 0 Å². The minimum atomic E-state index is -3.72. The zero-order valence-corrected chi connectivity index (χ0v) is 9.62. The number of piperazine rings is 1. The number of carbonyl (C=O) groups is 1. The van der Waals surface area contributed by atoms with Crippen LogP contribution in [0.1, 0.15) is 13.8 Å². The third kappa shape index (κ3) is 2.47. The monoisotopic (exact) mass is 236 g/mol. The molecule has 0 aromatic carbocycles. The van der Waals surface area contributed by atoms with Gasteiger partial charge in [-0.25, -0.2) is 8.42 Å². The summed E-state index contributed by atoms with van der Waals surface area (Å²) in [6.45, 7) is 4.42. The predicted octanol–water partition coefficient (Wildman–Crippen LogP) is -0.917. The maximum absolute atomic E-state index is 11.9. The van der Waals surface area contributed by atoms with E-state index in [1.54, 1.807) is 6.92 Å². The zero-order chi connectivity index (χ0) is 11.6. The van der Waals surface area contributed by atoms with E-state index in [9.17, 15) is 13.2 Å². The molecule has 1 heterocycles. The van der Waals surface area contributed by atoms with E-state index in [1.165, 1.54) is 11.2 Å². The molecule has 0 aromatic rings. The van der Waals surface area contributed by atoms with Gasteiger partial charge in [0.2, 0.25) is 10.0 Å². The largest absolute Gasteiger partial charge is 0.480 e. The minimum absolute atomic E-state index is 0.189. The van der Waals surface area contributed by atoms with Crippen LogP contribution in [0, 0.1) is 0 Å². The highest BCUT2D eigenvalue weighted by atomic mass is 32.2. The number of aliphatic carboxylic acids is 1. The summed E-state index contributed by atoms with van der Waals surface area (Å²) in [5.74, 6) is -1.30. The molecule has 0 bridgehead atoms. The van der Waals surface area contributed by atoms with Crippen molar-refractivity contribution < 1.29 is 18.3 Å². The van der Waals surface area contributed by atoms with Crippen LogP contribution in [0.3, 0.4) is 0 Å². The molecule has 0 radical (unpaired) electrons. The zero-order valence-electron chi connectivity index (χ0n) is 8.80. The number of nitrogens with zero attached hydrogens (tertiary/aromatic N) is 1. The Bertz CT molecular complexity index is 341. The number of carboxylic acids is 1. The Balaban J connectivity index is 2.89. The Kier molecular flexibility index (Phi) is 3.69. The van der Waals surface area contributed by atoms with E-state index in [0.717, 1.165) is 0 Å². The average Bonchev–Trinajstić information content (AvgIpc) is 2.16. The Hall–Kier alpha value is -0.660. The van der Waals surface area contributed by atoms with Crippen molar-refractivity contribution in [2.75, 3.05) is 19.6 Å². The fourth-order valence-corrected chi connectivity index (χ4v) is 3.11. The molecule has 15 heavy (non-hydrogen) atoms. The van der Waals surface area contributed by atoms with Gasteiger partial charge in [-0.15, -0.1) is 0 Å². The summed E-state index contributed by atoms with van der Waals surface area (Å²) in [5, 5.41) is 10.4. The van der Waals surface area contributed by atoms with Crippen molar-refractivity contribution in [3.63, 3.8) is 0 Å². The van der Waals surface area contributed by atoms with E-state index in [-0.39, 0.29) is 6.04 Å². The summed E-state index contributed by atoms with van der Waals surface area (Å²) in [6, 6.07) is -0.189. The lowest BCUT2D eigenvalue weighted by Crippen LogP contribution is -2.55. The van der Waals surface area contributed by atoms with Crippen LogP contribution in [0.15, 0.2) is 0 Å². The molecule has 1 unspecified atom stereocenters. The van der Waals surface area contributed by atoms with E-state index in [1.807, 2.05) is 0 Å². The highest BCUT2D eigenvalue weighted by Gasteiger charge is 2.37. The number of hydrogen-bond donors (Lipinski definition) is 2. The first kappa shape index (κ1) is 12.4. The molecule has 6 nitrogen and oxygen atoms in total. The van der Waals surface area contributed by atoms with Crippen LogP contribution in [0.2, 0.25) is 0 Å². The minimum Gasteiger partial charge on any atom is -0.480 e. The number of nitrogens with one attached hydrogen (secondary N) is 1. The molecule has 2 atom stereocenters. The second-order valence-electron chi connectivity index (χ2n) is 3.69. The van der Waals surface area contributed by atoms with Gasteiger partial charge in [-0.3, -0.25) is 4.79 Å². The van der Waals surface area contributed by atoms with Gasteiger partial charge in [-0.2, -0.15) is 4.31 Å². The summed E-state index contributed by atoms with van der Waals surface area (Å²) in [4.78, 5) is 10.7. The number of carboxylic acid groups (broad SMARTS) is 1. The molecule has 1 aliphatic heterocycles. The van der Waals surface area contributed by atoms with Crippen molar-refractivity contribution in [1.82, 2.24) is 9.62 Å². The lowest BCUT2D eigenvalue weighted by atomic mass is 10.3. The van der Waals surface area contributed by atoms with E-state index >= 15 is 0 Å². The molecule has 0 spiro atoms. The van der Waals surface area contributed by atoms with Crippen LogP contribution in [-0.4, -0.2) is 54.7 Å². The van der Waals surface area contributed by atoms with Crippen molar-refractivity contribution in [1.29, 1.82) is 0 Å². The number of sulfonamides is 1. The lowest BCUT2D eigenvalue weighted by Gasteiger charge is -2.33. The fourth-order valence-electron chi connectivity index (χ4n) is 1.53. The van der Waals surface area contributed by atoms with Gasteiger partial charge >= 0.3 is 5.97 Å². The van der Waals surface area contributed by atoms with Gasteiger partial charge in [0, 0.05) is 25.7 Å². The molecular formula is C8H16N2O4S. The van der Waals surface area contributed by atoms with Gasteiger partial charge in [-0.1, -0.05) is 0 Å². The summed E-state index contributed by atoms with van der Waals surface area (Å²) in [7, 11) is -3.72. The van der Waals surface area contributed by atoms with Gasteiger partial charge in [-0.05, 0) is 13.8 Å². The van der Waals surface area contributed by atoms with Crippen LogP contribution in [0.25, 0.3) is 0 Å². The van der Waals surface area contributed by atoms with E-state index in [2.05, 4.69) is 5.32 Å². The van der Waals surface area contributed by atoms with E-state index < -0.39 is 21.2 Å². The highest BCUT2D eigenvalue weighted by molar-refractivity contribution is 7.90. The van der Waals surface area contributed by atoms with E-state index in [0.29, 0.717) is 19.6 Å². The Morgan fingerprint density at radius 3 is 2.67 bits per heavy atom. The molecule has 1 saturated heterocycles. The lowest BCUT2D eigenvalue weighted by molar-refractivity contribution is -0.136. The number of hydrogen-bond acceptors (Lipinski definition) is 4. The summed E-state index contributed by atoms with van der Waals surface area (Å²) in [6.07, 6.45) is 0. The van der Waals surface area contributed by atoms with Crippen LogP contribution in [-0.2, 0) is 14.8 Å². The van der Waals surface area contributed by atoms with Crippen LogP contribution in [0.4, 0.5) is 0 Å². The first-order valence-corrected chi connectivity index (χ1v) is 6.32. The third-order valence-electron chi connectivity index (χ3n) is 2.56. The molecule has 1 aliphatic rings. The predicted molar refractivity (Wildman–Crippen MR) is 55.1 cm³/mol. The number of rotatable bonds is 3. The summed E-state index contributed by atoms with van der Waals surface area (Å²) >= 11 is 0. The molecule has 1 rings (SSSR count). The van der Waals surface area contributed by atoms with Gasteiger partial charge in [0.15, 0.2) is 5.25 Å². The smallest absolute Gasteiger partial charge is 0.323 e. The Morgan fingerprint density at radius 2 is 2.20 bits per heavy atom. The van der Waals surface area contributed by atoms with E-state index in [4.69, 9.17) is 5.11 Å². The maximum atomic E-state index is 11.9. The molecule has 88 valence electrons. The summed E-state index contributed by atoms with van der Waals surface area (Å²) < 4.78 is 25.0. The van der Waals surface area contributed by atoms with Crippen LogP contribution >= 0.6 is 0 Å². The summed E-state index contributed by atoms with van der Waals surface area (Å²) in [5.41, 5.74) is 0. The molecule has 0 aliphatic carbocycles. The van der Waals surface area contributed by atoms with Crippen molar-refractivity contribution >= 4 is 16.0 Å². The van der Waals surface area contributed by atoms with Crippen molar-refractivity contribution in [3.05, 3.63) is 0 Å². The quantitative estimate of drug-likeness (QED) is 0.662. The SMILES string of the molecule is CC(C(=O)O)S(=O)(=O)N1CCNC[C@H]1C. The van der Waals surface area contributed by atoms with Gasteiger partial charge < -0.3 is 10.4 Å². The topological polar surface area (TPSA) is 86.7 Å². The fraction of sp³-hybridized carbons (Fsp3) is 0.875. The van der Waals surface area contributed by atoms with Crippen LogP contribution < -0.4 is 5.32 Å². The molecular weight excluding hydrogens is 220 g/mol. The standard InChI is InChI=1S/C8H16N2O4S/c1-6-5-9-3-4-10(6)15(13,14)7(2)8(11)12/h6-7,9H,3-5H2,1-2H3,(H,11,12)/t6-,7?/m1/s1. The molecule has 7 heteroatoms. The third-order valence-corrected chi connectivity index (χ3v) is 4.85. The van der Waals surface area contributed by atoms with Crippen LogP contribution in [0.5, 0.6) is 0 Å². The second kappa shape index (κ2) is 4.46. The molecule has 1 fully saturated rings. The van der Waals surface area contributed by atoms with Gasteiger partial charge in [0.1, 0.15) is 0 Å². The average molecular weight is 236 g/mol. The first-order valence-electron chi connectivity index (χ1n) is 4.81. The van der Waals surface area contributed by atoms with Gasteiger partial charge in [0.25, 0.3) is 0 Å². The van der Waals surface area contributed by atoms with Crippen molar-refractivity contribution in [3.8, 4) is 0 Å².